The highest BCUT2D eigenvalue weighted by Crippen LogP contribution is 2.35. The summed E-state index contributed by atoms with van der Waals surface area (Å²) in [5.41, 5.74) is 1.16. The SMILES string of the molecule is CC(C)N[C@@H]1C[C@@H](O)[C@H](CO)[C@H]1Cc1ccnc(-c2ccccc2F)n1. The van der Waals surface area contributed by atoms with Crippen molar-refractivity contribution in [1.82, 2.24) is 15.3 Å². The van der Waals surface area contributed by atoms with Crippen molar-refractivity contribution >= 4 is 0 Å². The van der Waals surface area contributed by atoms with Crippen molar-refractivity contribution in [3.63, 3.8) is 0 Å². The standard InChI is InChI=1S/C20H26FN3O2/c1-12(2)23-18-10-19(26)16(11-25)15(18)9-13-7-8-22-20(24-13)14-5-3-4-6-17(14)21/h3-8,12,15-16,18-19,23,25-26H,9-11H2,1-2H3/t15-,16-,18-,19-/m1/s1. The van der Waals surface area contributed by atoms with Crippen LogP contribution in [0.15, 0.2) is 36.5 Å². The molecule has 0 aliphatic heterocycles. The molecule has 0 saturated heterocycles. The summed E-state index contributed by atoms with van der Waals surface area (Å²) in [5.74, 6) is -0.138. The Morgan fingerprint density at radius 2 is 2.00 bits per heavy atom. The number of rotatable bonds is 6. The van der Waals surface area contributed by atoms with E-state index in [1.807, 2.05) is 6.07 Å². The van der Waals surface area contributed by atoms with Crippen LogP contribution in [0.4, 0.5) is 4.39 Å². The Labute approximate surface area is 153 Å². The van der Waals surface area contributed by atoms with Crippen molar-refractivity contribution in [3.8, 4) is 11.4 Å². The molecule has 140 valence electrons. The number of hydrogen-bond acceptors (Lipinski definition) is 5. The van der Waals surface area contributed by atoms with Crippen LogP contribution in [-0.2, 0) is 6.42 Å². The molecule has 1 aliphatic rings. The van der Waals surface area contributed by atoms with Gasteiger partial charge in [0, 0.05) is 36.5 Å². The lowest BCUT2D eigenvalue weighted by Crippen LogP contribution is -2.40. The number of nitrogens with one attached hydrogen (secondary N) is 1. The lowest BCUT2D eigenvalue weighted by Gasteiger charge is -2.26. The van der Waals surface area contributed by atoms with E-state index in [1.54, 1.807) is 24.4 Å². The molecular formula is C20H26FN3O2. The van der Waals surface area contributed by atoms with Gasteiger partial charge in [0.1, 0.15) is 5.82 Å². The van der Waals surface area contributed by atoms with E-state index in [0.29, 0.717) is 24.2 Å². The van der Waals surface area contributed by atoms with Crippen molar-refractivity contribution in [3.05, 3.63) is 48.0 Å². The zero-order valence-corrected chi connectivity index (χ0v) is 15.1. The van der Waals surface area contributed by atoms with Crippen LogP contribution >= 0.6 is 0 Å². The van der Waals surface area contributed by atoms with Crippen molar-refractivity contribution < 1.29 is 14.6 Å². The molecule has 26 heavy (non-hydrogen) atoms. The molecule has 1 aliphatic carbocycles. The summed E-state index contributed by atoms with van der Waals surface area (Å²) >= 11 is 0. The third-order valence-electron chi connectivity index (χ3n) is 5.09. The fraction of sp³-hybridized carbons (Fsp3) is 0.500. The number of nitrogens with zero attached hydrogens (tertiary/aromatic N) is 2. The first-order valence-corrected chi connectivity index (χ1v) is 9.11. The van der Waals surface area contributed by atoms with E-state index < -0.39 is 6.10 Å². The molecule has 1 fully saturated rings. The molecule has 0 unspecified atom stereocenters. The second-order valence-corrected chi connectivity index (χ2v) is 7.30. The zero-order valence-electron chi connectivity index (χ0n) is 15.1. The molecule has 1 saturated carbocycles. The van der Waals surface area contributed by atoms with Crippen molar-refractivity contribution in [2.75, 3.05) is 6.61 Å². The van der Waals surface area contributed by atoms with Crippen LogP contribution < -0.4 is 5.32 Å². The molecule has 0 amide bonds. The Kier molecular flexibility index (Phi) is 5.96. The van der Waals surface area contributed by atoms with E-state index in [2.05, 4.69) is 29.1 Å². The Balaban J connectivity index is 1.85. The number of hydrogen-bond donors (Lipinski definition) is 3. The molecule has 1 heterocycles. The zero-order chi connectivity index (χ0) is 18.7. The van der Waals surface area contributed by atoms with Crippen LogP contribution in [0, 0.1) is 17.7 Å². The van der Waals surface area contributed by atoms with Gasteiger partial charge in [0.05, 0.1) is 11.7 Å². The molecule has 1 aromatic heterocycles. The summed E-state index contributed by atoms with van der Waals surface area (Å²) < 4.78 is 14.0. The minimum atomic E-state index is -0.533. The summed E-state index contributed by atoms with van der Waals surface area (Å²) in [6.07, 6.45) is 2.30. The Morgan fingerprint density at radius 1 is 1.23 bits per heavy atom. The van der Waals surface area contributed by atoms with E-state index in [9.17, 15) is 14.6 Å². The third-order valence-corrected chi connectivity index (χ3v) is 5.09. The summed E-state index contributed by atoms with van der Waals surface area (Å²) in [6.45, 7) is 4.07. The predicted molar refractivity (Wildman–Crippen MR) is 97.9 cm³/mol. The highest BCUT2D eigenvalue weighted by atomic mass is 19.1. The third kappa shape index (κ3) is 4.09. The number of halogens is 1. The molecule has 2 aromatic rings. The van der Waals surface area contributed by atoms with Gasteiger partial charge >= 0.3 is 0 Å². The van der Waals surface area contributed by atoms with Gasteiger partial charge < -0.3 is 15.5 Å². The molecule has 0 radical (unpaired) electrons. The summed E-state index contributed by atoms with van der Waals surface area (Å²) in [6, 6.07) is 8.65. The van der Waals surface area contributed by atoms with Gasteiger partial charge in [-0.25, -0.2) is 14.4 Å². The molecule has 3 N–H and O–H groups in total. The molecule has 4 atom stereocenters. The monoisotopic (exact) mass is 359 g/mol. The largest absolute Gasteiger partial charge is 0.396 e. The number of aliphatic hydroxyl groups is 2. The predicted octanol–water partition coefficient (Wildman–Crippen LogP) is 2.18. The molecule has 6 heteroatoms. The maximum atomic E-state index is 14.0. The van der Waals surface area contributed by atoms with Crippen LogP contribution in [0.2, 0.25) is 0 Å². The lowest BCUT2D eigenvalue weighted by molar-refractivity contribution is 0.0715. The topological polar surface area (TPSA) is 78.3 Å². The first-order chi connectivity index (χ1) is 12.5. The van der Waals surface area contributed by atoms with Crippen LogP contribution in [-0.4, -0.2) is 45.0 Å². The maximum absolute atomic E-state index is 14.0. The summed E-state index contributed by atoms with van der Waals surface area (Å²) in [7, 11) is 0. The van der Waals surface area contributed by atoms with Crippen molar-refractivity contribution in [1.29, 1.82) is 0 Å². The number of aliphatic hydroxyl groups excluding tert-OH is 2. The van der Waals surface area contributed by atoms with Crippen LogP contribution in [0.5, 0.6) is 0 Å². The molecule has 5 nitrogen and oxygen atoms in total. The fourth-order valence-electron chi connectivity index (χ4n) is 3.89. The van der Waals surface area contributed by atoms with Gasteiger partial charge in [-0.1, -0.05) is 26.0 Å². The molecule has 3 rings (SSSR count). The number of aromatic nitrogens is 2. The van der Waals surface area contributed by atoms with Gasteiger partial charge in [-0.3, -0.25) is 0 Å². The minimum absolute atomic E-state index is 0.0563. The Morgan fingerprint density at radius 3 is 2.69 bits per heavy atom. The highest BCUT2D eigenvalue weighted by molar-refractivity contribution is 5.55. The van der Waals surface area contributed by atoms with Gasteiger partial charge in [0.25, 0.3) is 0 Å². The first kappa shape index (κ1) is 18.9. The highest BCUT2D eigenvalue weighted by Gasteiger charge is 2.42. The Bertz CT molecular complexity index is 741. The fourth-order valence-corrected chi connectivity index (χ4v) is 3.89. The summed E-state index contributed by atoms with van der Waals surface area (Å²) in [5, 5.41) is 23.5. The maximum Gasteiger partial charge on any atom is 0.162 e. The normalized spacial score (nSPS) is 25.8. The van der Waals surface area contributed by atoms with E-state index >= 15 is 0 Å². The van der Waals surface area contributed by atoms with Gasteiger partial charge in [0.2, 0.25) is 0 Å². The van der Waals surface area contributed by atoms with Gasteiger partial charge in [-0.15, -0.1) is 0 Å². The van der Waals surface area contributed by atoms with Crippen LogP contribution in [0.1, 0.15) is 26.0 Å². The van der Waals surface area contributed by atoms with Crippen molar-refractivity contribution in [2.45, 2.75) is 44.9 Å². The first-order valence-electron chi connectivity index (χ1n) is 9.11. The van der Waals surface area contributed by atoms with Crippen molar-refractivity contribution in [2.24, 2.45) is 11.8 Å². The molecule has 0 spiro atoms. The van der Waals surface area contributed by atoms with Gasteiger partial charge in [-0.05, 0) is 37.0 Å². The molecule has 0 bridgehead atoms. The number of benzene rings is 1. The quantitative estimate of drug-likeness (QED) is 0.737. The molecular weight excluding hydrogens is 333 g/mol. The van der Waals surface area contributed by atoms with E-state index in [0.717, 1.165) is 5.69 Å². The summed E-state index contributed by atoms with van der Waals surface area (Å²) in [4.78, 5) is 8.73. The van der Waals surface area contributed by atoms with Crippen LogP contribution in [0.3, 0.4) is 0 Å². The van der Waals surface area contributed by atoms with E-state index in [4.69, 9.17) is 0 Å². The average Bonchev–Trinajstić information content (AvgIpc) is 2.89. The smallest absolute Gasteiger partial charge is 0.162 e. The second kappa shape index (κ2) is 8.20. The Hall–Kier alpha value is -1.89. The average molecular weight is 359 g/mol. The molecule has 1 aromatic carbocycles. The van der Waals surface area contributed by atoms with E-state index in [1.165, 1.54) is 6.07 Å². The van der Waals surface area contributed by atoms with Crippen LogP contribution in [0.25, 0.3) is 11.4 Å². The lowest BCUT2D eigenvalue weighted by atomic mass is 9.88. The van der Waals surface area contributed by atoms with E-state index in [-0.39, 0.29) is 36.3 Å². The second-order valence-electron chi connectivity index (χ2n) is 7.30. The van der Waals surface area contributed by atoms with Gasteiger partial charge in [-0.2, -0.15) is 0 Å². The minimum Gasteiger partial charge on any atom is -0.396 e. The van der Waals surface area contributed by atoms with Gasteiger partial charge in [0.15, 0.2) is 5.82 Å².